The highest BCUT2D eigenvalue weighted by atomic mass is 32.1. The van der Waals surface area contributed by atoms with Crippen LogP contribution in [0, 0.1) is 0 Å². The van der Waals surface area contributed by atoms with Gasteiger partial charge in [0, 0.05) is 0 Å². The molecule has 2 aromatic rings. The second kappa shape index (κ2) is 5.15. The van der Waals surface area contributed by atoms with E-state index in [4.69, 9.17) is 5.84 Å². The van der Waals surface area contributed by atoms with Gasteiger partial charge >= 0.3 is 5.97 Å². The third-order valence-corrected chi connectivity index (χ3v) is 3.17. The SMILES string of the molecule is COC(=O)C(C)Nc1nc(NN)nc2sccc12. The summed E-state index contributed by atoms with van der Waals surface area (Å²) in [5.41, 5.74) is 2.39. The number of carbonyl (C=O) groups excluding carboxylic acids is 1. The Morgan fingerprint density at radius 2 is 2.33 bits per heavy atom. The Morgan fingerprint density at radius 1 is 1.56 bits per heavy atom. The van der Waals surface area contributed by atoms with Crippen LogP contribution in [-0.4, -0.2) is 29.1 Å². The molecule has 0 radical (unpaired) electrons. The van der Waals surface area contributed by atoms with E-state index in [1.165, 1.54) is 18.4 Å². The minimum atomic E-state index is -0.501. The van der Waals surface area contributed by atoms with Gasteiger partial charge in [0.05, 0.1) is 12.5 Å². The maximum atomic E-state index is 11.4. The zero-order chi connectivity index (χ0) is 13.1. The minimum Gasteiger partial charge on any atom is -0.467 e. The van der Waals surface area contributed by atoms with E-state index in [0.29, 0.717) is 11.8 Å². The van der Waals surface area contributed by atoms with Crippen LogP contribution in [0.5, 0.6) is 0 Å². The summed E-state index contributed by atoms with van der Waals surface area (Å²) in [6, 6.07) is 1.38. The maximum Gasteiger partial charge on any atom is 0.328 e. The fourth-order valence-electron chi connectivity index (χ4n) is 1.47. The Morgan fingerprint density at radius 3 is 3.00 bits per heavy atom. The predicted molar refractivity (Wildman–Crippen MR) is 70.3 cm³/mol. The largest absolute Gasteiger partial charge is 0.467 e. The number of nitrogens with zero attached hydrogens (tertiary/aromatic N) is 2. The normalized spacial score (nSPS) is 12.2. The Kier molecular flexibility index (Phi) is 3.58. The minimum absolute atomic E-state index is 0.296. The summed E-state index contributed by atoms with van der Waals surface area (Å²) >= 11 is 1.47. The molecule has 1 unspecified atom stereocenters. The summed E-state index contributed by atoms with van der Waals surface area (Å²) in [4.78, 5) is 20.6. The summed E-state index contributed by atoms with van der Waals surface area (Å²) in [7, 11) is 1.34. The van der Waals surface area contributed by atoms with Gasteiger partial charge in [-0.05, 0) is 18.4 Å². The van der Waals surface area contributed by atoms with Crippen molar-refractivity contribution in [2.24, 2.45) is 5.84 Å². The van der Waals surface area contributed by atoms with E-state index < -0.39 is 6.04 Å². The maximum absolute atomic E-state index is 11.4. The van der Waals surface area contributed by atoms with Crippen LogP contribution >= 0.6 is 11.3 Å². The van der Waals surface area contributed by atoms with E-state index in [1.54, 1.807) is 6.92 Å². The van der Waals surface area contributed by atoms with Gasteiger partial charge in [0.15, 0.2) is 0 Å². The zero-order valence-corrected chi connectivity index (χ0v) is 10.7. The van der Waals surface area contributed by atoms with E-state index in [0.717, 1.165) is 10.2 Å². The van der Waals surface area contributed by atoms with Crippen LogP contribution in [0.15, 0.2) is 11.4 Å². The number of fused-ring (bicyclic) bond motifs is 1. The van der Waals surface area contributed by atoms with Gasteiger partial charge in [-0.25, -0.2) is 15.6 Å². The summed E-state index contributed by atoms with van der Waals surface area (Å²) in [6.45, 7) is 1.70. The average molecular weight is 267 g/mol. The van der Waals surface area contributed by atoms with Crippen molar-refractivity contribution in [3.63, 3.8) is 0 Å². The van der Waals surface area contributed by atoms with Crippen molar-refractivity contribution in [1.29, 1.82) is 0 Å². The third kappa shape index (κ3) is 2.34. The second-order valence-corrected chi connectivity index (χ2v) is 4.46. The molecule has 0 aromatic carbocycles. The lowest BCUT2D eigenvalue weighted by Crippen LogP contribution is -2.28. The van der Waals surface area contributed by atoms with Gasteiger partial charge in [-0.2, -0.15) is 4.98 Å². The van der Waals surface area contributed by atoms with Crippen molar-refractivity contribution in [1.82, 2.24) is 9.97 Å². The highest BCUT2D eigenvalue weighted by Crippen LogP contribution is 2.26. The quantitative estimate of drug-likeness (QED) is 0.430. The molecule has 0 amide bonds. The van der Waals surface area contributed by atoms with Crippen LogP contribution in [0.3, 0.4) is 0 Å². The molecule has 1 atom stereocenters. The second-order valence-electron chi connectivity index (χ2n) is 3.57. The topological polar surface area (TPSA) is 102 Å². The molecule has 0 aliphatic rings. The number of anilines is 2. The fraction of sp³-hybridized carbons (Fsp3) is 0.300. The van der Waals surface area contributed by atoms with Crippen molar-refractivity contribution in [3.05, 3.63) is 11.4 Å². The molecule has 8 heteroatoms. The number of nitrogens with one attached hydrogen (secondary N) is 2. The number of aromatic nitrogens is 2. The van der Waals surface area contributed by atoms with E-state index in [9.17, 15) is 4.79 Å². The first-order valence-electron chi connectivity index (χ1n) is 5.22. The number of rotatable bonds is 4. The van der Waals surface area contributed by atoms with Crippen LogP contribution in [0.2, 0.25) is 0 Å². The standard InChI is InChI=1S/C10H13N5O2S/c1-5(9(16)17-2)12-7-6-3-4-18-8(6)14-10(13-7)15-11/h3-5H,11H2,1-2H3,(H2,12,13,14,15). The number of carbonyl (C=O) groups is 1. The molecule has 0 spiro atoms. The number of nitrogen functional groups attached to an aromatic ring is 1. The number of hydrogen-bond acceptors (Lipinski definition) is 8. The number of nitrogens with two attached hydrogens (primary N) is 1. The van der Waals surface area contributed by atoms with Crippen LogP contribution in [-0.2, 0) is 9.53 Å². The average Bonchev–Trinajstić information content (AvgIpc) is 2.85. The molecule has 0 saturated carbocycles. The van der Waals surface area contributed by atoms with Crippen LogP contribution < -0.4 is 16.6 Å². The number of thiophene rings is 1. The van der Waals surface area contributed by atoms with Crippen molar-refractivity contribution in [2.75, 3.05) is 17.9 Å². The van der Waals surface area contributed by atoms with E-state index >= 15 is 0 Å². The fourth-order valence-corrected chi connectivity index (χ4v) is 2.23. The molecule has 18 heavy (non-hydrogen) atoms. The van der Waals surface area contributed by atoms with Crippen LogP contribution in [0.25, 0.3) is 10.2 Å². The highest BCUT2D eigenvalue weighted by Gasteiger charge is 2.16. The van der Waals surface area contributed by atoms with Gasteiger partial charge in [-0.3, -0.25) is 5.43 Å². The van der Waals surface area contributed by atoms with Gasteiger partial charge in [-0.15, -0.1) is 11.3 Å². The number of hydrogen-bond donors (Lipinski definition) is 3. The summed E-state index contributed by atoms with van der Waals surface area (Å²) < 4.78 is 4.65. The molecular formula is C10H13N5O2S. The van der Waals surface area contributed by atoms with Gasteiger partial charge < -0.3 is 10.1 Å². The zero-order valence-electron chi connectivity index (χ0n) is 9.93. The lowest BCUT2D eigenvalue weighted by atomic mass is 10.3. The summed E-state index contributed by atoms with van der Waals surface area (Å²) in [5.74, 6) is 5.79. The van der Waals surface area contributed by atoms with Crippen molar-refractivity contribution < 1.29 is 9.53 Å². The highest BCUT2D eigenvalue weighted by molar-refractivity contribution is 7.16. The van der Waals surface area contributed by atoms with Gasteiger partial charge in [-0.1, -0.05) is 0 Å². The molecule has 96 valence electrons. The van der Waals surface area contributed by atoms with Gasteiger partial charge in [0.1, 0.15) is 16.7 Å². The molecule has 7 nitrogen and oxygen atoms in total. The number of ether oxygens (including phenoxy) is 1. The first kappa shape index (κ1) is 12.5. The third-order valence-electron chi connectivity index (χ3n) is 2.36. The molecule has 0 fully saturated rings. The van der Waals surface area contributed by atoms with Crippen LogP contribution in [0.1, 0.15) is 6.92 Å². The first-order valence-corrected chi connectivity index (χ1v) is 6.10. The van der Waals surface area contributed by atoms with E-state index in [2.05, 4.69) is 25.4 Å². The Balaban J connectivity index is 2.36. The smallest absolute Gasteiger partial charge is 0.328 e. The van der Waals surface area contributed by atoms with Gasteiger partial charge in [0.2, 0.25) is 5.95 Å². The van der Waals surface area contributed by atoms with Crippen molar-refractivity contribution >= 4 is 39.3 Å². The molecule has 0 bridgehead atoms. The van der Waals surface area contributed by atoms with Gasteiger partial charge in [0.25, 0.3) is 0 Å². The molecular weight excluding hydrogens is 254 g/mol. The Hall–Kier alpha value is -1.93. The lowest BCUT2D eigenvalue weighted by molar-refractivity contribution is -0.141. The predicted octanol–water partition coefficient (Wildman–Crippen LogP) is 0.950. The summed E-state index contributed by atoms with van der Waals surface area (Å²) in [6.07, 6.45) is 0. The molecule has 2 rings (SSSR count). The molecule has 0 saturated heterocycles. The Labute approximate surface area is 107 Å². The van der Waals surface area contributed by atoms with E-state index in [1.807, 2.05) is 11.4 Å². The molecule has 2 heterocycles. The number of hydrazine groups is 1. The molecule has 0 aliphatic heterocycles. The number of methoxy groups -OCH3 is 1. The summed E-state index contributed by atoms with van der Waals surface area (Å²) in [5, 5.41) is 5.72. The lowest BCUT2D eigenvalue weighted by Gasteiger charge is -2.13. The number of esters is 1. The van der Waals surface area contributed by atoms with Crippen molar-refractivity contribution in [3.8, 4) is 0 Å². The molecule has 2 aromatic heterocycles. The Bertz CT molecular complexity index is 570. The van der Waals surface area contributed by atoms with E-state index in [-0.39, 0.29) is 5.97 Å². The first-order chi connectivity index (χ1) is 8.65. The molecule has 0 aliphatic carbocycles. The monoisotopic (exact) mass is 267 g/mol. The van der Waals surface area contributed by atoms with Crippen LogP contribution in [0.4, 0.5) is 11.8 Å². The molecule has 4 N–H and O–H groups in total. The van der Waals surface area contributed by atoms with Crippen molar-refractivity contribution in [2.45, 2.75) is 13.0 Å².